The predicted molar refractivity (Wildman–Crippen MR) is 69.9 cm³/mol. The van der Waals surface area contributed by atoms with Gasteiger partial charge in [-0.3, -0.25) is 0 Å². The molecule has 4 N–H and O–H groups in total. The summed E-state index contributed by atoms with van der Waals surface area (Å²) in [5, 5.41) is 12.2. The number of nitrogen functional groups attached to an aromatic ring is 1. The molecule has 0 saturated carbocycles. The molecule has 0 aliphatic carbocycles. The summed E-state index contributed by atoms with van der Waals surface area (Å²) in [6, 6.07) is 0. The van der Waals surface area contributed by atoms with Crippen molar-refractivity contribution in [1.82, 2.24) is 9.97 Å². The second-order valence-electron chi connectivity index (χ2n) is 5.12. The molecule has 1 aromatic rings. The summed E-state index contributed by atoms with van der Waals surface area (Å²) in [5.41, 5.74) is 6.68. The molecule has 1 aromatic heterocycles. The van der Waals surface area contributed by atoms with E-state index in [2.05, 4.69) is 29.1 Å². The molecule has 0 spiro atoms. The van der Waals surface area contributed by atoms with E-state index in [1.165, 1.54) is 0 Å². The summed E-state index contributed by atoms with van der Waals surface area (Å²) >= 11 is 0. The summed E-state index contributed by atoms with van der Waals surface area (Å²) in [6.07, 6.45) is 0.749. The van der Waals surface area contributed by atoms with Crippen LogP contribution in [-0.2, 0) is 0 Å². The Labute approximate surface area is 102 Å². The van der Waals surface area contributed by atoms with Gasteiger partial charge in [0.1, 0.15) is 17.5 Å². The molecule has 0 bridgehead atoms. The van der Waals surface area contributed by atoms with Gasteiger partial charge in [-0.2, -0.15) is 0 Å². The molecule has 0 aromatic carbocycles. The summed E-state index contributed by atoms with van der Waals surface area (Å²) in [4.78, 5) is 8.43. The van der Waals surface area contributed by atoms with E-state index in [1.54, 1.807) is 0 Å². The molecule has 5 heteroatoms. The highest BCUT2D eigenvalue weighted by atomic mass is 16.3. The van der Waals surface area contributed by atoms with Crippen molar-refractivity contribution < 1.29 is 5.11 Å². The van der Waals surface area contributed by atoms with E-state index >= 15 is 0 Å². The van der Waals surface area contributed by atoms with Crippen molar-refractivity contribution in [2.75, 3.05) is 24.2 Å². The van der Waals surface area contributed by atoms with Crippen molar-refractivity contribution >= 4 is 11.6 Å². The topological polar surface area (TPSA) is 84.1 Å². The number of nitrogens with two attached hydrogens (primary N) is 1. The SMILES string of the molecule is Cc1nc(N)c(C)c(NCC(C)(C)CCO)n1. The molecule has 1 heterocycles. The van der Waals surface area contributed by atoms with Gasteiger partial charge in [0.2, 0.25) is 0 Å². The standard InChI is InChI=1S/C12H22N4O/c1-8-10(13)15-9(2)16-11(8)14-7-12(3,4)5-6-17/h17H,5-7H2,1-4H3,(H3,13,14,15,16). The van der Waals surface area contributed by atoms with Crippen molar-refractivity contribution in [2.45, 2.75) is 34.1 Å². The Hall–Kier alpha value is -1.36. The van der Waals surface area contributed by atoms with Crippen LogP contribution in [0.25, 0.3) is 0 Å². The molecule has 0 radical (unpaired) electrons. The Morgan fingerprint density at radius 3 is 2.53 bits per heavy atom. The molecule has 0 amide bonds. The lowest BCUT2D eigenvalue weighted by Gasteiger charge is -2.24. The first kappa shape index (κ1) is 13.7. The monoisotopic (exact) mass is 238 g/mol. The lowest BCUT2D eigenvalue weighted by molar-refractivity contribution is 0.220. The molecule has 96 valence electrons. The smallest absolute Gasteiger partial charge is 0.134 e. The van der Waals surface area contributed by atoms with Crippen LogP contribution in [0.15, 0.2) is 0 Å². The Morgan fingerprint density at radius 2 is 1.94 bits per heavy atom. The van der Waals surface area contributed by atoms with Gasteiger partial charge in [0.25, 0.3) is 0 Å². The number of nitrogens with zero attached hydrogens (tertiary/aromatic N) is 2. The first-order valence-corrected chi connectivity index (χ1v) is 5.81. The molecule has 0 fully saturated rings. The van der Waals surface area contributed by atoms with Gasteiger partial charge in [-0.25, -0.2) is 9.97 Å². The van der Waals surface area contributed by atoms with E-state index in [4.69, 9.17) is 10.8 Å². The Balaban J connectivity index is 2.76. The van der Waals surface area contributed by atoms with E-state index < -0.39 is 0 Å². The highest BCUT2D eigenvalue weighted by Gasteiger charge is 2.18. The van der Waals surface area contributed by atoms with E-state index in [9.17, 15) is 0 Å². The Morgan fingerprint density at radius 1 is 1.29 bits per heavy atom. The van der Waals surface area contributed by atoms with Crippen LogP contribution in [0.1, 0.15) is 31.7 Å². The highest BCUT2D eigenvalue weighted by molar-refractivity contribution is 5.54. The second kappa shape index (κ2) is 5.31. The second-order valence-corrected chi connectivity index (χ2v) is 5.12. The molecule has 0 unspecified atom stereocenters. The fraction of sp³-hybridized carbons (Fsp3) is 0.667. The molecule has 0 aliphatic rings. The van der Waals surface area contributed by atoms with E-state index in [-0.39, 0.29) is 12.0 Å². The minimum Gasteiger partial charge on any atom is -0.396 e. The van der Waals surface area contributed by atoms with Crippen molar-refractivity contribution in [3.63, 3.8) is 0 Å². The summed E-state index contributed by atoms with van der Waals surface area (Å²) < 4.78 is 0. The third kappa shape index (κ3) is 3.85. The third-order valence-corrected chi connectivity index (χ3v) is 2.82. The zero-order valence-corrected chi connectivity index (χ0v) is 11.0. The van der Waals surface area contributed by atoms with Gasteiger partial charge >= 0.3 is 0 Å². The van der Waals surface area contributed by atoms with Gasteiger partial charge < -0.3 is 16.2 Å². The minimum absolute atomic E-state index is 0.0226. The zero-order chi connectivity index (χ0) is 13.1. The average Bonchev–Trinajstić information content (AvgIpc) is 2.21. The number of rotatable bonds is 5. The quantitative estimate of drug-likeness (QED) is 0.724. The van der Waals surface area contributed by atoms with E-state index in [0.29, 0.717) is 11.6 Å². The van der Waals surface area contributed by atoms with Gasteiger partial charge in [-0.15, -0.1) is 0 Å². The average molecular weight is 238 g/mol. The number of hydrogen-bond donors (Lipinski definition) is 3. The first-order valence-electron chi connectivity index (χ1n) is 5.81. The summed E-state index contributed by atoms with van der Waals surface area (Å²) in [6.45, 7) is 8.85. The number of hydrogen-bond acceptors (Lipinski definition) is 5. The largest absolute Gasteiger partial charge is 0.396 e. The van der Waals surface area contributed by atoms with E-state index in [1.807, 2.05) is 13.8 Å². The maximum Gasteiger partial charge on any atom is 0.134 e. The highest BCUT2D eigenvalue weighted by Crippen LogP contribution is 2.22. The van der Waals surface area contributed by atoms with Crippen LogP contribution in [0.3, 0.4) is 0 Å². The Kier molecular flexibility index (Phi) is 4.28. The van der Waals surface area contributed by atoms with Crippen LogP contribution in [0, 0.1) is 19.3 Å². The van der Waals surface area contributed by atoms with Crippen LogP contribution >= 0.6 is 0 Å². The number of anilines is 2. The van der Waals surface area contributed by atoms with Crippen LogP contribution in [-0.4, -0.2) is 28.2 Å². The Bertz CT molecular complexity index is 390. The van der Waals surface area contributed by atoms with Crippen LogP contribution in [0.5, 0.6) is 0 Å². The van der Waals surface area contributed by atoms with Gasteiger partial charge in [-0.1, -0.05) is 13.8 Å². The summed E-state index contributed by atoms with van der Waals surface area (Å²) in [7, 11) is 0. The predicted octanol–water partition coefficient (Wildman–Crippen LogP) is 1.50. The maximum absolute atomic E-state index is 8.97. The van der Waals surface area contributed by atoms with Gasteiger partial charge in [0, 0.05) is 18.7 Å². The molecule has 5 nitrogen and oxygen atoms in total. The van der Waals surface area contributed by atoms with Crippen molar-refractivity contribution in [3.05, 3.63) is 11.4 Å². The molecular weight excluding hydrogens is 216 g/mol. The maximum atomic E-state index is 8.97. The lowest BCUT2D eigenvalue weighted by atomic mass is 9.90. The van der Waals surface area contributed by atoms with Crippen LogP contribution < -0.4 is 11.1 Å². The normalized spacial score (nSPS) is 11.6. The number of nitrogens with one attached hydrogen (secondary N) is 1. The number of aliphatic hydroxyl groups excluding tert-OH is 1. The number of aromatic nitrogens is 2. The van der Waals surface area contributed by atoms with Gasteiger partial charge in [0.15, 0.2) is 0 Å². The zero-order valence-electron chi connectivity index (χ0n) is 11.0. The molecule has 1 rings (SSSR count). The molecule has 0 aliphatic heterocycles. The first-order chi connectivity index (χ1) is 7.85. The van der Waals surface area contributed by atoms with Gasteiger partial charge in [-0.05, 0) is 25.7 Å². The van der Waals surface area contributed by atoms with Crippen LogP contribution in [0.4, 0.5) is 11.6 Å². The van der Waals surface area contributed by atoms with Gasteiger partial charge in [0.05, 0.1) is 0 Å². The summed E-state index contributed by atoms with van der Waals surface area (Å²) in [5.74, 6) is 1.96. The van der Waals surface area contributed by atoms with Crippen molar-refractivity contribution in [2.24, 2.45) is 5.41 Å². The lowest BCUT2D eigenvalue weighted by Crippen LogP contribution is -2.25. The number of aliphatic hydroxyl groups is 1. The van der Waals surface area contributed by atoms with Crippen LogP contribution in [0.2, 0.25) is 0 Å². The molecule has 17 heavy (non-hydrogen) atoms. The van der Waals surface area contributed by atoms with E-state index in [0.717, 1.165) is 24.3 Å². The third-order valence-electron chi connectivity index (χ3n) is 2.82. The molecular formula is C12H22N4O. The molecule has 0 saturated heterocycles. The van der Waals surface area contributed by atoms with Crippen molar-refractivity contribution in [3.8, 4) is 0 Å². The van der Waals surface area contributed by atoms with Crippen molar-refractivity contribution in [1.29, 1.82) is 0 Å². The number of aryl methyl sites for hydroxylation is 1. The fourth-order valence-corrected chi connectivity index (χ4v) is 1.54. The fourth-order valence-electron chi connectivity index (χ4n) is 1.54. The minimum atomic E-state index is 0.0226. The molecule has 0 atom stereocenters.